The zero-order valence-corrected chi connectivity index (χ0v) is 12.9. The van der Waals surface area contributed by atoms with Crippen molar-refractivity contribution in [3.05, 3.63) is 34.3 Å². The summed E-state index contributed by atoms with van der Waals surface area (Å²) < 4.78 is 6.01. The van der Waals surface area contributed by atoms with Crippen LogP contribution in [0.5, 0.6) is 0 Å². The third kappa shape index (κ3) is 5.71. The van der Waals surface area contributed by atoms with Crippen LogP contribution in [0.25, 0.3) is 0 Å². The summed E-state index contributed by atoms with van der Waals surface area (Å²) in [6.45, 7) is 2.40. The van der Waals surface area contributed by atoms with Gasteiger partial charge in [-0.1, -0.05) is 41.4 Å². The van der Waals surface area contributed by atoms with E-state index in [2.05, 4.69) is 21.2 Å². The first-order valence-electron chi connectivity index (χ1n) is 6.40. The average Bonchev–Trinajstić information content (AvgIpc) is 2.42. The molecule has 1 atom stereocenters. The Morgan fingerprint density at radius 2 is 2.00 bits per heavy atom. The van der Waals surface area contributed by atoms with Gasteiger partial charge in [0.25, 0.3) is 0 Å². The van der Waals surface area contributed by atoms with E-state index in [4.69, 9.17) is 4.74 Å². The van der Waals surface area contributed by atoms with Crippen molar-refractivity contribution in [1.29, 1.82) is 0 Å². The topological polar surface area (TPSA) is 75.6 Å². The van der Waals surface area contributed by atoms with Crippen molar-refractivity contribution in [2.24, 2.45) is 0 Å². The van der Waals surface area contributed by atoms with E-state index in [1.807, 2.05) is 6.92 Å². The number of carbonyl (C=O) groups excluding carboxylic acids is 1. The molecule has 1 aromatic carbocycles. The first-order chi connectivity index (χ1) is 9.54. The van der Waals surface area contributed by atoms with Crippen molar-refractivity contribution < 1.29 is 19.4 Å². The van der Waals surface area contributed by atoms with E-state index in [1.54, 1.807) is 24.3 Å². The lowest BCUT2D eigenvalue weighted by Gasteiger charge is -2.15. The lowest BCUT2D eigenvalue weighted by atomic mass is 10.1. The van der Waals surface area contributed by atoms with Gasteiger partial charge in [-0.25, -0.2) is 4.79 Å². The van der Waals surface area contributed by atoms with Crippen LogP contribution in [0, 0.1) is 0 Å². The van der Waals surface area contributed by atoms with E-state index < -0.39 is 17.9 Å². The first-order valence-corrected chi connectivity index (χ1v) is 7.19. The number of aliphatic carboxylic acids is 1. The summed E-state index contributed by atoms with van der Waals surface area (Å²) in [6, 6.07) is 5.71. The highest BCUT2D eigenvalue weighted by atomic mass is 79.9. The van der Waals surface area contributed by atoms with Gasteiger partial charge in [0.05, 0.1) is 0 Å². The fourth-order valence-corrected chi connectivity index (χ4v) is 1.82. The van der Waals surface area contributed by atoms with Gasteiger partial charge in [-0.05, 0) is 24.1 Å². The molecule has 1 aromatic rings. The number of unbranched alkanes of at least 4 members (excludes halogenated alkanes) is 1. The van der Waals surface area contributed by atoms with Gasteiger partial charge >= 0.3 is 5.97 Å². The molecule has 0 heterocycles. The third-order valence-electron chi connectivity index (χ3n) is 2.63. The van der Waals surface area contributed by atoms with Gasteiger partial charge in [-0.15, -0.1) is 0 Å². The monoisotopic (exact) mass is 343 g/mol. The van der Waals surface area contributed by atoms with Gasteiger partial charge in [-0.2, -0.15) is 0 Å². The highest BCUT2D eigenvalue weighted by Crippen LogP contribution is 2.17. The summed E-state index contributed by atoms with van der Waals surface area (Å²) in [5, 5.41) is 11.6. The molecule has 0 aliphatic rings. The lowest BCUT2D eigenvalue weighted by molar-refractivity contribution is -0.142. The normalized spacial score (nSPS) is 11.9. The smallest absolute Gasteiger partial charge is 0.330 e. The number of rotatable bonds is 8. The van der Waals surface area contributed by atoms with Crippen LogP contribution < -0.4 is 5.32 Å². The number of hydrogen-bond acceptors (Lipinski definition) is 3. The molecule has 6 heteroatoms. The van der Waals surface area contributed by atoms with Crippen LogP contribution in [-0.4, -0.2) is 30.2 Å². The lowest BCUT2D eigenvalue weighted by Crippen LogP contribution is -2.36. The second-order valence-electron chi connectivity index (χ2n) is 4.30. The number of ether oxygens (including phenoxy) is 1. The van der Waals surface area contributed by atoms with E-state index in [1.165, 1.54) is 0 Å². The van der Waals surface area contributed by atoms with Crippen LogP contribution in [-0.2, 0) is 14.3 Å². The molecule has 5 nitrogen and oxygen atoms in total. The molecule has 1 rings (SSSR count). The minimum atomic E-state index is -1.10. The Balaban J connectivity index is 2.57. The molecular formula is C14H18BrNO4. The maximum atomic E-state index is 11.7. The van der Waals surface area contributed by atoms with Crippen molar-refractivity contribution in [3.8, 4) is 0 Å². The molecule has 0 saturated heterocycles. The van der Waals surface area contributed by atoms with E-state index >= 15 is 0 Å². The largest absolute Gasteiger partial charge is 0.479 e. The van der Waals surface area contributed by atoms with Gasteiger partial charge in [0, 0.05) is 11.1 Å². The molecule has 0 fully saturated rings. The molecule has 0 aliphatic heterocycles. The van der Waals surface area contributed by atoms with Gasteiger partial charge in [0.2, 0.25) is 5.91 Å². The van der Waals surface area contributed by atoms with E-state index in [9.17, 15) is 14.7 Å². The third-order valence-corrected chi connectivity index (χ3v) is 3.16. The highest BCUT2D eigenvalue weighted by molar-refractivity contribution is 9.10. The van der Waals surface area contributed by atoms with Crippen LogP contribution in [0.2, 0.25) is 0 Å². The van der Waals surface area contributed by atoms with Gasteiger partial charge in [0.15, 0.2) is 6.04 Å². The molecule has 2 N–H and O–H groups in total. The van der Waals surface area contributed by atoms with Gasteiger partial charge in [0.1, 0.15) is 6.61 Å². The average molecular weight is 344 g/mol. The van der Waals surface area contributed by atoms with Crippen molar-refractivity contribution >= 4 is 27.8 Å². The SMILES string of the molecule is CCCCOCC(=O)NC(C(=O)O)c1ccc(Br)cc1. The zero-order chi connectivity index (χ0) is 15.0. The number of carbonyl (C=O) groups is 2. The minimum Gasteiger partial charge on any atom is -0.479 e. The predicted octanol–water partition coefficient (Wildman–Crippen LogP) is 2.51. The second kappa shape index (κ2) is 8.71. The fourth-order valence-electron chi connectivity index (χ4n) is 1.56. The molecule has 0 aromatic heterocycles. The number of hydrogen-bond donors (Lipinski definition) is 2. The molecular weight excluding hydrogens is 326 g/mol. The number of carboxylic acid groups (broad SMARTS) is 1. The quantitative estimate of drug-likeness (QED) is 0.711. The zero-order valence-electron chi connectivity index (χ0n) is 11.3. The highest BCUT2D eigenvalue weighted by Gasteiger charge is 2.21. The van der Waals surface area contributed by atoms with Crippen LogP contribution in [0.3, 0.4) is 0 Å². The Bertz CT molecular complexity index is 447. The maximum Gasteiger partial charge on any atom is 0.330 e. The summed E-state index contributed by atoms with van der Waals surface area (Å²) in [6.07, 6.45) is 1.86. The standard InChI is InChI=1S/C14H18BrNO4/c1-2-3-8-20-9-12(17)16-13(14(18)19)10-4-6-11(15)7-5-10/h4-7,13H,2-3,8-9H2,1H3,(H,16,17)(H,18,19). The van der Waals surface area contributed by atoms with Crippen molar-refractivity contribution in [3.63, 3.8) is 0 Å². The number of amides is 1. The maximum absolute atomic E-state index is 11.7. The number of nitrogens with one attached hydrogen (secondary N) is 1. The molecule has 20 heavy (non-hydrogen) atoms. The molecule has 0 spiro atoms. The number of carboxylic acids is 1. The Hall–Kier alpha value is -1.40. The van der Waals surface area contributed by atoms with Crippen LogP contribution in [0.1, 0.15) is 31.4 Å². The van der Waals surface area contributed by atoms with Crippen molar-refractivity contribution in [2.45, 2.75) is 25.8 Å². The number of benzene rings is 1. The molecule has 0 bridgehead atoms. The molecule has 0 aliphatic carbocycles. The molecule has 0 radical (unpaired) electrons. The fraction of sp³-hybridized carbons (Fsp3) is 0.429. The van der Waals surface area contributed by atoms with E-state index in [0.717, 1.165) is 17.3 Å². The van der Waals surface area contributed by atoms with Crippen LogP contribution >= 0.6 is 15.9 Å². The van der Waals surface area contributed by atoms with Gasteiger partial charge < -0.3 is 15.2 Å². The second-order valence-corrected chi connectivity index (χ2v) is 5.21. The summed E-state index contributed by atoms with van der Waals surface area (Å²) in [4.78, 5) is 22.9. The summed E-state index contributed by atoms with van der Waals surface area (Å²) in [5.74, 6) is -1.54. The Labute approximate surface area is 126 Å². The summed E-state index contributed by atoms with van der Waals surface area (Å²) in [7, 11) is 0. The summed E-state index contributed by atoms with van der Waals surface area (Å²) >= 11 is 3.28. The molecule has 110 valence electrons. The van der Waals surface area contributed by atoms with E-state index in [0.29, 0.717) is 12.2 Å². The summed E-state index contributed by atoms with van der Waals surface area (Å²) in [5.41, 5.74) is 0.516. The van der Waals surface area contributed by atoms with Crippen molar-refractivity contribution in [1.82, 2.24) is 5.32 Å². The minimum absolute atomic E-state index is 0.125. The number of halogens is 1. The Morgan fingerprint density at radius 1 is 1.35 bits per heavy atom. The van der Waals surface area contributed by atoms with Crippen LogP contribution in [0.15, 0.2) is 28.7 Å². The Kier molecular flexibility index (Phi) is 7.25. The molecule has 1 amide bonds. The van der Waals surface area contributed by atoms with E-state index in [-0.39, 0.29) is 6.61 Å². The molecule has 0 saturated carbocycles. The Morgan fingerprint density at radius 3 is 2.55 bits per heavy atom. The first kappa shape index (κ1) is 16.7. The predicted molar refractivity (Wildman–Crippen MR) is 78.4 cm³/mol. The van der Waals surface area contributed by atoms with Crippen molar-refractivity contribution in [2.75, 3.05) is 13.2 Å². The molecule has 1 unspecified atom stereocenters. The van der Waals surface area contributed by atoms with Gasteiger partial charge in [-0.3, -0.25) is 4.79 Å². The van der Waals surface area contributed by atoms with Crippen LogP contribution in [0.4, 0.5) is 0 Å².